The quantitative estimate of drug-likeness (QED) is 0.383. The van der Waals surface area contributed by atoms with E-state index < -0.39 is 0 Å². The van der Waals surface area contributed by atoms with Crippen molar-refractivity contribution in [1.29, 1.82) is 0 Å². The van der Waals surface area contributed by atoms with Crippen LogP contribution in [0, 0.1) is 0 Å². The molecule has 6 heavy (non-hydrogen) atoms. The van der Waals surface area contributed by atoms with Gasteiger partial charge in [-0.2, -0.15) is 0 Å². The van der Waals surface area contributed by atoms with Gasteiger partial charge in [0.2, 0.25) is 0 Å². The van der Waals surface area contributed by atoms with Gasteiger partial charge >= 0.3 is 0 Å². The highest BCUT2D eigenvalue weighted by Crippen LogP contribution is 1.86. The lowest BCUT2D eigenvalue weighted by molar-refractivity contribution is 0.562. The van der Waals surface area contributed by atoms with Crippen molar-refractivity contribution in [2.24, 2.45) is 0 Å². The molecule has 2 heteroatoms. The van der Waals surface area contributed by atoms with E-state index in [9.17, 15) is 0 Å². The Labute approximate surface area is 40.7 Å². The van der Waals surface area contributed by atoms with Crippen LogP contribution in [-0.4, -0.2) is 0 Å². The topological polar surface area (TPSA) is 9.23 Å². The lowest BCUT2D eigenvalue weighted by Gasteiger charge is -1.79. The summed E-state index contributed by atoms with van der Waals surface area (Å²) in [6, 6.07) is 0. The molecule has 0 aliphatic carbocycles. The van der Waals surface area contributed by atoms with Crippen LogP contribution in [0.3, 0.4) is 0 Å². The molecule has 0 saturated carbocycles. The van der Waals surface area contributed by atoms with E-state index in [2.05, 4.69) is 20.9 Å². The van der Waals surface area contributed by atoms with Crippen LogP contribution in [0.2, 0.25) is 0 Å². The fourth-order valence-corrected chi connectivity index (χ4v) is 0.263. The highest BCUT2D eigenvalue weighted by molar-refractivity contribution is 7.10. The summed E-state index contributed by atoms with van der Waals surface area (Å²) < 4.78 is 4.52. The molecule has 1 atom stereocenters. The minimum atomic E-state index is 1.04. The van der Waals surface area contributed by atoms with Crippen molar-refractivity contribution in [2.75, 3.05) is 0 Å². The van der Waals surface area contributed by atoms with Gasteiger partial charge < -0.3 is 4.52 Å². The molecule has 0 heterocycles. The average molecular weight is 104 g/mol. The Kier molecular flexibility index (Phi) is 4.95. The SMILES string of the molecule is CC/C=C\OP. The zero-order chi connectivity index (χ0) is 4.83. The third-order valence-electron chi connectivity index (χ3n) is 0.410. The van der Waals surface area contributed by atoms with Gasteiger partial charge in [0.05, 0.1) is 15.7 Å². The van der Waals surface area contributed by atoms with Gasteiger partial charge in [0.15, 0.2) is 0 Å². The highest BCUT2D eigenvalue weighted by Gasteiger charge is 1.58. The molecule has 0 aromatic heterocycles. The van der Waals surface area contributed by atoms with E-state index in [-0.39, 0.29) is 0 Å². The normalized spacial score (nSPS) is 9.67. The summed E-state index contributed by atoms with van der Waals surface area (Å²) in [6.45, 7) is 2.06. The first-order chi connectivity index (χ1) is 2.91. The largest absolute Gasteiger partial charge is 0.488 e. The molecule has 0 aromatic rings. The first kappa shape index (κ1) is 5.97. The van der Waals surface area contributed by atoms with Gasteiger partial charge in [-0.15, -0.1) is 0 Å². The first-order valence-electron chi connectivity index (χ1n) is 1.92. The smallest absolute Gasteiger partial charge is 0.0821 e. The number of allylic oxidation sites excluding steroid dienone is 1. The molecular weight excluding hydrogens is 95.0 g/mol. The Hall–Kier alpha value is -0.0300. The molecule has 0 saturated heterocycles. The standard InChI is InChI=1S/C4H9OP/c1-2-3-4-5-6/h3-4H,2,6H2,1H3/b4-3-. The summed E-state index contributed by atoms with van der Waals surface area (Å²) in [5, 5.41) is 0. The van der Waals surface area contributed by atoms with Crippen LogP contribution >= 0.6 is 9.47 Å². The molecule has 36 valence electrons. The maximum Gasteiger partial charge on any atom is 0.0821 e. The Morgan fingerprint density at radius 3 is 2.67 bits per heavy atom. The third-order valence-corrected chi connectivity index (χ3v) is 0.568. The fraction of sp³-hybridized carbons (Fsp3) is 0.500. The van der Waals surface area contributed by atoms with Crippen molar-refractivity contribution < 1.29 is 4.52 Å². The summed E-state index contributed by atoms with van der Waals surface area (Å²) in [7, 11) is 2.14. The molecule has 0 aliphatic rings. The summed E-state index contributed by atoms with van der Waals surface area (Å²) in [5.74, 6) is 0. The summed E-state index contributed by atoms with van der Waals surface area (Å²) in [5.41, 5.74) is 0. The predicted molar refractivity (Wildman–Crippen MR) is 30.2 cm³/mol. The Bertz CT molecular complexity index is 36.8. The van der Waals surface area contributed by atoms with Crippen LogP contribution in [0.4, 0.5) is 0 Å². The summed E-state index contributed by atoms with van der Waals surface area (Å²) in [4.78, 5) is 0. The van der Waals surface area contributed by atoms with E-state index >= 15 is 0 Å². The van der Waals surface area contributed by atoms with Gasteiger partial charge in [-0.3, -0.25) is 0 Å². The van der Waals surface area contributed by atoms with Crippen LogP contribution in [0.5, 0.6) is 0 Å². The molecule has 1 nitrogen and oxygen atoms in total. The molecule has 0 aliphatic heterocycles. The zero-order valence-electron chi connectivity index (χ0n) is 3.85. The second-order valence-corrected chi connectivity index (χ2v) is 1.19. The van der Waals surface area contributed by atoms with Crippen molar-refractivity contribution in [2.45, 2.75) is 13.3 Å². The van der Waals surface area contributed by atoms with Crippen molar-refractivity contribution in [3.05, 3.63) is 12.3 Å². The summed E-state index contributed by atoms with van der Waals surface area (Å²) >= 11 is 0. The minimum Gasteiger partial charge on any atom is -0.488 e. The average Bonchev–Trinajstić information content (AvgIpc) is 1.61. The number of hydrogen-bond acceptors (Lipinski definition) is 1. The van der Waals surface area contributed by atoms with Crippen LogP contribution < -0.4 is 0 Å². The van der Waals surface area contributed by atoms with Crippen molar-refractivity contribution in [1.82, 2.24) is 0 Å². The molecule has 0 amide bonds. The van der Waals surface area contributed by atoms with E-state index in [4.69, 9.17) is 0 Å². The van der Waals surface area contributed by atoms with E-state index in [0.717, 1.165) is 6.42 Å². The Morgan fingerprint density at radius 1 is 1.83 bits per heavy atom. The summed E-state index contributed by atoms with van der Waals surface area (Å²) in [6.07, 6.45) is 4.62. The van der Waals surface area contributed by atoms with E-state index in [0.29, 0.717) is 0 Å². The third kappa shape index (κ3) is 3.97. The zero-order valence-corrected chi connectivity index (χ0v) is 5.00. The second kappa shape index (κ2) is 4.97. The minimum absolute atomic E-state index is 1.04. The van der Waals surface area contributed by atoms with Gasteiger partial charge in [0.1, 0.15) is 0 Å². The van der Waals surface area contributed by atoms with Gasteiger partial charge in [-0.05, 0) is 12.5 Å². The van der Waals surface area contributed by atoms with E-state index in [1.807, 2.05) is 6.08 Å². The van der Waals surface area contributed by atoms with Gasteiger partial charge in [0.25, 0.3) is 0 Å². The molecule has 0 rings (SSSR count). The molecule has 0 fully saturated rings. The first-order valence-corrected chi connectivity index (χ1v) is 2.39. The van der Waals surface area contributed by atoms with Crippen LogP contribution in [0.15, 0.2) is 12.3 Å². The molecule has 0 radical (unpaired) electrons. The molecule has 1 unspecified atom stereocenters. The molecule has 0 aromatic carbocycles. The molecular formula is C4H9OP. The molecule has 0 N–H and O–H groups in total. The monoisotopic (exact) mass is 104 g/mol. The van der Waals surface area contributed by atoms with Crippen LogP contribution in [-0.2, 0) is 4.52 Å². The molecule has 0 spiro atoms. The lowest BCUT2D eigenvalue weighted by atomic mass is 10.5. The maximum atomic E-state index is 4.52. The van der Waals surface area contributed by atoms with E-state index in [1.54, 1.807) is 6.26 Å². The fourth-order valence-electron chi connectivity index (χ4n) is 0.152. The van der Waals surface area contributed by atoms with Crippen LogP contribution in [0.25, 0.3) is 0 Å². The lowest BCUT2D eigenvalue weighted by Crippen LogP contribution is -1.51. The van der Waals surface area contributed by atoms with Gasteiger partial charge in [0, 0.05) is 0 Å². The van der Waals surface area contributed by atoms with Crippen molar-refractivity contribution >= 4 is 9.47 Å². The van der Waals surface area contributed by atoms with Gasteiger partial charge in [-0.1, -0.05) is 6.92 Å². The Balaban J connectivity index is 2.73. The molecule has 0 bridgehead atoms. The second-order valence-electron chi connectivity index (χ2n) is 0.916. The van der Waals surface area contributed by atoms with E-state index in [1.165, 1.54) is 0 Å². The number of hydrogen-bond donors (Lipinski definition) is 0. The van der Waals surface area contributed by atoms with Gasteiger partial charge in [-0.25, -0.2) is 0 Å². The Morgan fingerprint density at radius 2 is 2.50 bits per heavy atom. The predicted octanol–water partition coefficient (Wildman–Crippen LogP) is 1.72. The van der Waals surface area contributed by atoms with Crippen molar-refractivity contribution in [3.63, 3.8) is 0 Å². The van der Waals surface area contributed by atoms with Crippen molar-refractivity contribution in [3.8, 4) is 0 Å². The van der Waals surface area contributed by atoms with Crippen LogP contribution in [0.1, 0.15) is 13.3 Å². The highest BCUT2D eigenvalue weighted by atomic mass is 31.0. The maximum absolute atomic E-state index is 4.52. The number of rotatable bonds is 2.